The molecule has 0 saturated heterocycles. The van der Waals surface area contributed by atoms with Crippen molar-refractivity contribution in [1.29, 1.82) is 0 Å². The van der Waals surface area contributed by atoms with Crippen LogP contribution in [0.3, 0.4) is 0 Å². The van der Waals surface area contributed by atoms with Crippen LogP contribution in [-0.2, 0) is 10.8 Å². The molecule has 0 saturated carbocycles. The highest BCUT2D eigenvalue weighted by atomic mass is 16.6. The summed E-state index contributed by atoms with van der Waals surface area (Å²) in [5.41, 5.74) is 4.63. The lowest BCUT2D eigenvalue weighted by Crippen LogP contribution is -2.18. The van der Waals surface area contributed by atoms with Gasteiger partial charge in [0.1, 0.15) is 11.6 Å². The third kappa shape index (κ3) is 4.09. The van der Waals surface area contributed by atoms with Crippen molar-refractivity contribution in [2.24, 2.45) is 0 Å². The molecule has 170 valence electrons. The molecule has 0 aliphatic rings. The van der Waals surface area contributed by atoms with Gasteiger partial charge in [-0.3, -0.25) is 14.7 Å². The number of nitro groups is 1. The highest BCUT2D eigenvalue weighted by molar-refractivity contribution is 5.83. The summed E-state index contributed by atoms with van der Waals surface area (Å²) in [6.45, 7) is 12.5. The zero-order chi connectivity index (χ0) is 24.1. The number of para-hydroxylation sites is 2. The number of hydrogen-bond acceptors (Lipinski definition) is 4. The van der Waals surface area contributed by atoms with Crippen molar-refractivity contribution in [2.45, 2.75) is 52.4 Å². The number of imidazole rings is 1. The first-order valence-corrected chi connectivity index (χ1v) is 11.0. The Morgan fingerprint density at radius 2 is 1.42 bits per heavy atom. The van der Waals surface area contributed by atoms with Crippen molar-refractivity contribution < 1.29 is 10.0 Å². The quantitative estimate of drug-likeness (QED) is 0.276. The molecule has 1 N–H and O–H groups in total. The van der Waals surface area contributed by atoms with Crippen molar-refractivity contribution in [3.05, 3.63) is 81.9 Å². The Labute approximate surface area is 193 Å². The van der Waals surface area contributed by atoms with E-state index < -0.39 is 4.92 Å². The standard InChI is InChI=1S/C27H29N3O3/c1-26(2,3)20-15-19(16-21(24(20)31)27(4,5)6)29-23-10-8-7-9-22(23)28-25(29)17-11-13-18(14-12-17)30(32)33/h7-16,31H,1-6H3. The van der Waals surface area contributed by atoms with Gasteiger partial charge < -0.3 is 5.11 Å². The first-order chi connectivity index (χ1) is 15.4. The summed E-state index contributed by atoms with van der Waals surface area (Å²) in [7, 11) is 0. The van der Waals surface area contributed by atoms with Gasteiger partial charge in [0.05, 0.1) is 16.0 Å². The summed E-state index contributed by atoms with van der Waals surface area (Å²) in [6, 6.07) is 18.4. The number of rotatable bonds is 3. The zero-order valence-corrected chi connectivity index (χ0v) is 19.9. The van der Waals surface area contributed by atoms with E-state index in [9.17, 15) is 15.2 Å². The van der Waals surface area contributed by atoms with Crippen LogP contribution >= 0.6 is 0 Å². The van der Waals surface area contributed by atoms with Crippen molar-refractivity contribution in [2.75, 3.05) is 0 Å². The normalized spacial score (nSPS) is 12.3. The summed E-state index contributed by atoms with van der Waals surface area (Å²) in [6.07, 6.45) is 0. The Balaban J connectivity index is 2.06. The van der Waals surface area contributed by atoms with E-state index in [-0.39, 0.29) is 16.5 Å². The van der Waals surface area contributed by atoms with Crippen LogP contribution in [-0.4, -0.2) is 19.6 Å². The molecular formula is C27H29N3O3. The van der Waals surface area contributed by atoms with Crippen LogP contribution in [0.25, 0.3) is 28.1 Å². The minimum absolute atomic E-state index is 0.0380. The third-order valence-electron chi connectivity index (χ3n) is 5.87. The molecule has 0 fully saturated rings. The van der Waals surface area contributed by atoms with Crippen LogP contribution in [0.5, 0.6) is 5.75 Å². The van der Waals surface area contributed by atoms with Gasteiger partial charge in [-0.25, -0.2) is 4.98 Å². The largest absolute Gasteiger partial charge is 0.507 e. The fourth-order valence-corrected chi connectivity index (χ4v) is 4.10. The summed E-state index contributed by atoms with van der Waals surface area (Å²) >= 11 is 0. The summed E-state index contributed by atoms with van der Waals surface area (Å²) in [5, 5.41) is 22.3. The second kappa shape index (κ2) is 7.73. The Morgan fingerprint density at radius 1 is 0.879 bits per heavy atom. The molecular weight excluding hydrogens is 414 g/mol. The fourth-order valence-electron chi connectivity index (χ4n) is 4.10. The predicted octanol–water partition coefficient (Wildman–Crippen LogP) is 6.90. The van der Waals surface area contributed by atoms with Gasteiger partial charge >= 0.3 is 0 Å². The lowest BCUT2D eigenvalue weighted by atomic mass is 9.79. The van der Waals surface area contributed by atoms with Crippen molar-refractivity contribution in [3.8, 4) is 22.8 Å². The number of nitrogens with zero attached hydrogens (tertiary/aromatic N) is 3. The lowest BCUT2D eigenvalue weighted by Gasteiger charge is -2.28. The average Bonchev–Trinajstić information content (AvgIpc) is 3.12. The highest BCUT2D eigenvalue weighted by Gasteiger charge is 2.28. The monoisotopic (exact) mass is 443 g/mol. The van der Waals surface area contributed by atoms with E-state index in [4.69, 9.17) is 4.98 Å². The number of benzene rings is 3. The topological polar surface area (TPSA) is 81.2 Å². The van der Waals surface area contributed by atoms with Gasteiger partial charge in [0, 0.05) is 34.5 Å². The smallest absolute Gasteiger partial charge is 0.269 e. The van der Waals surface area contributed by atoms with E-state index in [1.54, 1.807) is 12.1 Å². The Morgan fingerprint density at radius 3 is 1.94 bits per heavy atom. The van der Waals surface area contributed by atoms with Crippen LogP contribution in [0.15, 0.2) is 60.7 Å². The van der Waals surface area contributed by atoms with Crippen LogP contribution < -0.4 is 0 Å². The maximum absolute atomic E-state index is 11.2. The third-order valence-corrected chi connectivity index (χ3v) is 5.87. The number of hydrogen-bond donors (Lipinski definition) is 1. The molecule has 33 heavy (non-hydrogen) atoms. The number of aromatic nitrogens is 2. The number of non-ortho nitro benzene ring substituents is 1. The van der Waals surface area contributed by atoms with E-state index in [2.05, 4.69) is 46.1 Å². The minimum atomic E-state index is -0.405. The number of nitro benzene ring substituents is 1. The molecule has 0 spiro atoms. The molecule has 0 atom stereocenters. The van der Waals surface area contributed by atoms with Crippen LogP contribution in [0.4, 0.5) is 5.69 Å². The molecule has 6 nitrogen and oxygen atoms in total. The van der Waals surface area contributed by atoms with Crippen molar-refractivity contribution in [1.82, 2.24) is 9.55 Å². The first-order valence-electron chi connectivity index (χ1n) is 11.0. The van der Waals surface area contributed by atoms with Gasteiger partial charge in [-0.15, -0.1) is 0 Å². The highest BCUT2D eigenvalue weighted by Crippen LogP contribution is 2.42. The molecule has 0 unspecified atom stereocenters. The fraction of sp³-hybridized carbons (Fsp3) is 0.296. The molecule has 1 aromatic heterocycles. The van der Waals surface area contributed by atoms with E-state index in [1.165, 1.54) is 12.1 Å². The maximum atomic E-state index is 11.2. The number of aromatic hydroxyl groups is 1. The molecule has 4 rings (SSSR count). The summed E-state index contributed by atoms with van der Waals surface area (Å²) < 4.78 is 2.07. The number of phenolic OH excluding ortho intramolecular Hbond substituents is 1. The lowest BCUT2D eigenvalue weighted by molar-refractivity contribution is -0.384. The SMILES string of the molecule is CC(C)(C)c1cc(-n2c(-c3ccc([N+](=O)[O-])cc3)nc3ccccc32)cc(C(C)(C)C)c1O. The number of fused-ring (bicyclic) bond motifs is 1. The first kappa shape index (κ1) is 22.5. The molecule has 0 amide bonds. The van der Waals surface area contributed by atoms with E-state index >= 15 is 0 Å². The van der Waals surface area contributed by atoms with E-state index in [0.29, 0.717) is 11.6 Å². The van der Waals surface area contributed by atoms with Gasteiger partial charge in [0.25, 0.3) is 5.69 Å². The summed E-state index contributed by atoms with van der Waals surface area (Å²) in [5.74, 6) is 1.01. The van der Waals surface area contributed by atoms with Gasteiger partial charge in [-0.2, -0.15) is 0 Å². The van der Waals surface area contributed by atoms with Crippen LogP contribution in [0.2, 0.25) is 0 Å². The minimum Gasteiger partial charge on any atom is -0.507 e. The van der Waals surface area contributed by atoms with Gasteiger partial charge in [0.15, 0.2) is 0 Å². The summed E-state index contributed by atoms with van der Waals surface area (Å²) in [4.78, 5) is 15.6. The van der Waals surface area contributed by atoms with Gasteiger partial charge in [-0.05, 0) is 47.2 Å². The van der Waals surface area contributed by atoms with Gasteiger partial charge in [-0.1, -0.05) is 53.7 Å². The molecule has 3 aromatic carbocycles. The van der Waals surface area contributed by atoms with Crippen LogP contribution in [0, 0.1) is 10.1 Å². The molecule has 0 aliphatic heterocycles. The molecule has 1 heterocycles. The van der Waals surface area contributed by atoms with E-state index in [0.717, 1.165) is 33.4 Å². The molecule has 0 radical (unpaired) electrons. The molecule has 0 aliphatic carbocycles. The molecule has 4 aromatic rings. The van der Waals surface area contributed by atoms with Crippen LogP contribution in [0.1, 0.15) is 52.7 Å². The predicted molar refractivity (Wildman–Crippen MR) is 132 cm³/mol. The molecule has 6 heteroatoms. The van der Waals surface area contributed by atoms with E-state index in [1.807, 2.05) is 36.4 Å². The average molecular weight is 444 g/mol. The zero-order valence-electron chi connectivity index (χ0n) is 19.9. The molecule has 0 bridgehead atoms. The van der Waals surface area contributed by atoms with Crippen molar-refractivity contribution >= 4 is 16.7 Å². The Kier molecular flexibility index (Phi) is 5.27. The van der Waals surface area contributed by atoms with Gasteiger partial charge in [0.2, 0.25) is 0 Å². The second-order valence-electron chi connectivity index (χ2n) is 10.5. The maximum Gasteiger partial charge on any atom is 0.269 e. The Hall–Kier alpha value is -3.67. The Bertz CT molecular complexity index is 1320. The van der Waals surface area contributed by atoms with Crippen molar-refractivity contribution in [3.63, 3.8) is 0 Å². The number of phenols is 1. The second-order valence-corrected chi connectivity index (χ2v) is 10.5.